The second-order valence-electron chi connectivity index (χ2n) is 8.10. The Morgan fingerprint density at radius 3 is 2.53 bits per heavy atom. The zero-order chi connectivity index (χ0) is 21.3. The second-order valence-corrected chi connectivity index (χ2v) is 8.10. The number of likely N-dealkylation sites (tertiary alicyclic amines) is 1. The number of imide groups is 1. The van der Waals surface area contributed by atoms with Gasteiger partial charge in [0, 0.05) is 45.0 Å². The number of aryl methyl sites for hydroxylation is 1. The van der Waals surface area contributed by atoms with Crippen LogP contribution in [0.1, 0.15) is 30.9 Å². The van der Waals surface area contributed by atoms with Crippen LogP contribution in [0.2, 0.25) is 0 Å². The van der Waals surface area contributed by atoms with Crippen LogP contribution >= 0.6 is 0 Å². The number of piperidine rings is 1. The fraction of sp³-hybridized carbons (Fsp3) is 0.500. The molecule has 0 N–H and O–H groups in total. The van der Waals surface area contributed by atoms with E-state index in [1.54, 1.807) is 16.7 Å². The molecular weight excluding hydrogens is 382 g/mol. The summed E-state index contributed by atoms with van der Waals surface area (Å²) >= 11 is 0. The minimum absolute atomic E-state index is 0.0711. The zero-order valence-corrected chi connectivity index (χ0v) is 17.9. The lowest BCUT2D eigenvalue weighted by Gasteiger charge is -2.41. The molecule has 1 aromatic carbocycles. The van der Waals surface area contributed by atoms with Gasteiger partial charge in [-0.1, -0.05) is 12.1 Å². The van der Waals surface area contributed by atoms with Crippen LogP contribution in [0.3, 0.4) is 0 Å². The highest BCUT2D eigenvalue weighted by Crippen LogP contribution is 2.38. The van der Waals surface area contributed by atoms with Gasteiger partial charge in [-0.05, 0) is 37.5 Å². The van der Waals surface area contributed by atoms with E-state index in [4.69, 9.17) is 4.74 Å². The smallest absolute Gasteiger partial charge is 0.327 e. The molecule has 2 fully saturated rings. The Morgan fingerprint density at radius 2 is 1.90 bits per heavy atom. The van der Waals surface area contributed by atoms with Crippen molar-refractivity contribution in [2.75, 3.05) is 26.7 Å². The molecule has 4 rings (SSSR count). The lowest BCUT2D eigenvalue weighted by Crippen LogP contribution is -2.56. The molecule has 160 valence electrons. The highest BCUT2D eigenvalue weighted by atomic mass is 16.5. The Balaban J connectivity index is 1.49. The van der Waals surface area contributed by atoms with Crippen molar-refractivity contribution in [2.24, 2.45) is 7.05 Å². The largest absolute Gasteiger partial charge is 0.497 e. The first kappa shape index (κ1) is 20.4. The maximum absolute atomic E-state index is 13.5. The number of ether oxygens (including phenoxy) is 1. The molecule has 2 aliphatic heterocycles. The third kappa shape index (κ3) is 3.56. The number of methoxy groups -OCH3 is 1. The lowest BCUT2D eigenvalue weighted by atomic mass is 9.85. The zero-order valence-electron chi connectivity index (χ0n) is 17.9. The predicted octanol–water partition coefficient (Wildman–Crippen LogP) is 2.25. The van der Waals surface area contributed by atoms with E-state index in [1.165, 1.54) is 4.90 Å². The van der Waals surface area contributed by atoms with Gasteiger partial charge in [0.15, 0.2) is 0 Å². The van der Waals surface area contributed by atoms with Crippen molar-refractivity contribution in [2.45, 2.75) is 38.4 Å². The van der Waals surface area contributed by atoms with E-state index >= 15 is 0 Å². The maximum Gasteiger partial charge on any atom is 0.327 e. The standard InChI is InChI=1S/C22H29N5O3/c1-4-27-21(29)26(16-17-6-5-7-19(12-17)30-3)20(28)22(27)8-10-25(11-9-22)15-18-13-23-24(2)14-18/h5-7,12-14H,4,8-11,15-16H2,1-3H3. The molecule has 0 aliphatic carbocycles. The molecule has 2 aliphatic rings. The molecule has 3 heterocycles. The molecule has 8 nitrogen and oxygen atoms in total. The number of benzene rings is 1. The van der Waals surface area contributed by atoms with Crippen molar-refractivity contribution in [3.8, 4) is 5.75 Å². The average molecular weight is 412 g/mol. The second kappa shape index (κ2) is 8.10. The topological polar surface area (TPSA) is 70.9 Å². The first-order chi connectivity index (χ1) is 14.5. The van der Waals surface area contributed by atoms with Crippen LogP contribution in [-0.4, -0.2) is 68.7 Å². The van der Waals surface area contributed by atoms with Crippen LogP contribution in [0.25, 0.3) is 0 Å². The fourth-order valence-corrected chi connectivity index (χ4v) is 4.69. The summed E-state index contributed by atoms with van der Waals surface area (Å²) in [6.45, 7) is 5.11. The molecule has 0 radical (unpaired) electrons. The van der Waals surface area contributed by atoms with Crippen LogP contribution in [-0.2, 0) is 24.9 Å². The number of likely N-dealkylation sites (N-methyl/N-ethyl adjacent to an activating group) is 1. The van der Waals surface area contributed by atoms with E-state index in [0.717, 1.165) is 36.5 Å². The number of hydrogen-bond acceptors (Lipinski definition) is 5. The van der Waals surface area contributed by atoms with Crippen molar-refractivity contribution in [1.82, 2.24) is 24.5 Å². The van der Waals surface area contributed by atoms with Gasteiger partial charge in [-0.15, -0.1) is 0 Å². The Bertz CT molecular complexity index is 932. The summed E-state index contributed by atoms with van der Waals surface area (Å²) in [6, 6.07) is 7.34. The SMILES string of the molecule is CCN1C(=O)N(Cc2cccc(OC)c2)C(=O)C12CCN(Cc1cnn(C)c1)CC2. The molecule has 1 aromatic heterocycles. The van der Waals surface area contributed by atoms with Gasteiger partial charge in [0.05, 0.1) is 19.9 Å². The van der Waals surface area contributed by atoms with Gasteiger partial charge in [-0.2, -0.15) is 5.10 Å². The van der Waals surface area contributed by atoms with Crippen molar-refractivity contribution >= 4 is 11.9 Å². The molecule has 0 saturated carbocycles. The third-order valence-corrected chi connectivity index (χ3v) is 6.26. The molecule has 0 unspecified atom stereocenters. The summed E-state index contributed by atoms with van der Waals surface area (Å²) < 4.78 is 7.08. The normalized spacial score (nSPS) is 19.2. The van der Waals surface area contributed by atoms with E-state index < -0.39 is 5.54 Å². The van der Waals surface area contributed by atoms with E-state index in [-0.39, 0.29) is 18.5 Å². The van der Waals surface area contributed by atoms with Crippen LogP contribution in [0.4, 0.5) is 4.79 Å². The van der Waals surface area contributed by atoms with Crippen molar-refractivity contribution < 1.29 is 14.3 Å². The Morgan fingerprint density at radius 1 is 1.13 bits per heavy atom. The molecule has 0 bridgehead atoms. The van der Waals surface area contributed by atoms with Gasteiger partial charge >= 0.3 is 6.03 Å². The maximum atomic E-state index is 13.5. The van der Waals surface area contributed by atoms with Gasteiger partial charge in [0.1, 0.15) is 11.3 Å². The minimum Gasteiger partial charge on any atom is -0.497 e. The first-order valence-corrected chi connectivity index (χ1v) is 10.4. The summed E-state index contributed by atoms with van der Waals surface area (Å²) in [5, 5.41) is 4.23. The Kier molecular flexibility index (Phi) is 5.51. The molecule has 2 saturated heterocycles. The Hall–Kier alpha value is -2.87. The quantitative estimate of drug-likeness (QED) is 0.682. The van der Waals surface area contributed by atoms with Crippen molar-refractivity contribution in [1.29, 1.82) is 0 Å². The van der Waals surface area contributed by atoms with Crippen molar-refractivity contribution in [3.05, 3.63) is 47.8 Å². The van der Waals surface area contributed by atoms with E-state index in [2.05, 4.69) is 10.00 Å². The van der Waals surface area contributed by atoms with E-state index in [1.807, 2.05) is 50.6 Å². The summed E-state index contributed by atoms with van der Waals surface area (Å²) in [5.74, 6) is 0.649. The van der Waals surface area contributed by atoms with Crippen LogP contribution in [0, 0.1) is 0 Å². The predicted molar refractivity (Wildman–Crippen MR) is 112 cm³/mol. The summed E-state index contributed by atoms with van der Waals surface area (Å²) in [7, 11) is 3.52. The molecule has 2 aromatic rings. The summed E-state index contributed by atoms with van der Waals surface area (Å²) in [6.07, 6.45) is 5.20. The molecule has 3 amide bonds. The monoisotopic (exact) mass is 411 g/mol. The van der Waals surface area contributed by atoms with Gasteiger partial charge in [-0.3, -0.25) is 19.3 Å². The van der Waals surface area contributed by atoms with Gasteiger partial charge in [0.2, 0.25) is 0 Å². The van der Waals surface area contributed by atoms with Gasteiger partial charge in [0.25, 0.3) is 5.91 Å². The number of rotatable bonds is 6. The molecular formula is C22H29N5O3. The number of urea groups is 1. The minimum atomic E-state index is -0.726. The fourth-order valence-electron chi connectivity index (χ4n) is 4.69. The van der Waals surface area contributed by atoms with Crippen LogP contribution in [0.15, 0.2) is 36.7 Å². The van der Waals surface area contributed by atoms with Crippen LogP contribution < -0.4 is 4.74 Å². The van der Waals surface area contributed by atoms with Crippen LogP contribution in [0.5, 0.6) is 5.75 Å². The van der Waals surface area contributed by atoms with Gasteiger partial charge in [-0.25, -0.2) is 4.79 Å². The number of amides is 3. The number of aromatic nitrogens is 2. The molecule has 1 spiro atoms. The Labute approximate surface area is 177 Å². The summed E-state index contributed by atoms with van der Waals surface area (Å²) in [4.78, 5) is 32.1. The molecule has 30 heavy (non-hydrogen) atoms. The van der Waals surface area contributed by atoms with E-state index in [0.29, 0.717) is 19.4 Å². The highest BCUT2D eigenvalue weighted by molar-refractivity contribution is 6.07. The third-order valence-electron chi connectivity index (χ3n) is 6.26. The molecule has 0 atom stereocenters. The first-order valence-electron chi connectivity index (χ1n) is 10.4. The number of carbonyl (C=O) groups is 2. The number of hydrogen-bond donors (Lipinski definition) is 0. The number of carbonyl (C=O) groups excluding carboxylic acids is 2. The van der Waals surface area contributed by atoms with Gasteiger partial charge < -0.3 is 9.64 Å². The molecule has 8 heteroatoms. The van der Waals surface area contributed by atoms with E-state index in [9.17, 15) is 9.59 Å². The average Bonchev–Trinajstić information content (AvgIpc) is 3.24. The summed E-state index contributed by atoms with van der Waals surface area (Å²) in [5.41, 5.74) is 1.32. The number of nitrogens with zero attached hydrogens (tertiary/aromatic N) is 5. The lowest BCUT2D eigenvalue weighted by molar-refractivity contribution is -0.136. The highest BCUT2D eigenvalue weighted by Gasteiger charge is 2.57. The van der Waals surface area contributed by atoms with Crippen molar-refractivity contribution in [3.63, 3.8) is 0 Å².